The van der Waals surface area contributed by atoms with E-state index in [1.54, 1.807) is 0 Å². The van der Waals surface area contributed by atoms with Gasteiger partial charge in [0.05, 0.1) is 0 Å². The van der Waals surface area contributed by atoms with E-state index in [2.05, 4.69) is 4.76 Å². The van der Waals surface area contributed by atoms with E-state index in [4.69, 9.17) is 20.6 Å². The van der Waals surface area contributed by atoms with Crippen molar-refractivity contribution in [3.63, 3.8) is 0 Å². The van der Waals surface area contributed by atoms with Crippen LogP contribution in [-0.4, -0.2) is 44.8 Å². The monoisotopic (exact) mass is 225 g/mol. The van der Waals surface area contributed by atoms with Gasteiger partial charge in [0.15, 0.2) is 0 Å². The van der Waals surface area contributed by atoms with Crippen molar-refractivity contribution in [2.24, 2.45) is 10.5 Å². The summed E-state index contributed by atoms with van der Waals surface area (Å²) in [4.78, 5) is 28.3. The van der Waals surface area contributed by atoms with Gasteiger partial charge in [0.25, 0.3) is 0 Å². The number of carboxylic acids is 1. The van der Waals surface area contributed by atoms with Crippen molar-refractivity contribution in [1.82, 2.24) is 4.90 Å². The Balaban J connectivity index is 4.71. The molecule has 0 radical (unpaired) electrons. The highest BCUT2D eigenvalue weighted by atomic mass is 31.2. The second-order valence-electron chi connectivity index (χ2n) is 2.60. The van der Waals surface area contributed by atoms with Crippen LogP contribution < -0.4 is 5.73 Å². The van der Waals surface area contributed by atoms with Gasteiger partial charge in [-0.1, -0.05) is 0 Å². The summed E-state index contributed by atoms with van der Waals surface area (Å²) in [6.07, 6.45) is 0. The third-order valence-electron chi connectivity index (χ3n) is 1.53. The maximum Gasteiger partial charge on any atom is 0.451 e. The third-order valence-corrected chi connectivity index (χ3v) is 2.00. The second kappa shape index (κ2) is 4.41. The zero-order valence-corrected chi connectivity index (χ0v) is 8.55. The molecule has 14 heavy (non-hydrogen) atoms. The Bertz CT molecular complexity index is 298. The molecule has 0 saturated carbocycles. The van der Waals surface area contributed by atoms with Gasteiger partial charge in [0.1, 0.15) is 6.04 Å². The molecule has 0 aliphatic carbocycles. The van der Waals surface area contributed by atoms with Gasteiger partial charge in [-0.2, -0.15) is 0 Å². The maximum atomic E-state index is 10.5. The van der Waals surface area contributed by atoms with E-state index in [9.17, 15) is 9.36 Å². The van der Waals surface area contributed by atoms with Crippen molar-refractivity contribution in [2.45, 2.75) is 13.0 Å². The quantitative estimate of drug-likeness (QED) is 0.269. The lowest BCUT2D eigenvalue weighted by Crippen LogP contribution is -2.44. The van der Waals surface area contributed by atoms with Crippen LogP contribution in [0.5, 0.6) is 0 Å². The van der Waals surface area contributed by atoms with Gasteiger partial charge in [0, 0.05) is 7.05 Å². The molecule has 0 spiro atoms. The first-order chi connectivity index (χ1) is 6.15. The Morgan fingerprint density at radius 2 is 2.00 bits per heavy atom. The first-order valence-electron chi connectivity index (χ1n) is 3.52. The molecule has 0 rings (SSSR count). The van der Waals surface area contributed by atoms with E-state index < -0.39 is 25.7 Å². The summed E-state index contributed by atoms with van der Waals surface area (Å²) >= 11 is 0. The molecule has 0 bridgehead atoms. The largest absolute Gasteiger partial charge is 0.480 e. The molecule has 0 heterocycles. The fourth-order valence-corrected chi connectivity index (χ4v) is 0.976. The van der Waals surface area contributed by atoms with Crippen molar-refractivity contribution < 1.29 is 24.3 Å². The summed E-state index contributed by atoms with van der Waals surface area (Å²) in [6.45, 7) is 1.31. The number of aliphatic carboxylic acids is 1. The first-order valence-corrected chi connectivity index (χ1v) is 5.08. The summed E-state index contributed by atoms with van der Waals surface area (Å²) in [6, 6.07) is -1.01. The van der Waals surface area contributed by atoms with Crippen molar-refractivity contribution >= 4 is 19.7 Å². The number of hydrogen-bond acceptors (Lipinski definition) is 2. The van der Waals surface area contributed by atoms with Crippen LogP contribution in [0, 0.1) is 0 Å². The fraction of sp³-hybridized carbons (Fsp3) is 0.600. The molecule has 0 aromatic rings. The molecular formula is C5H12N3O5P. The van der Waals surface area contributed by atoms with Crippen molar-refractivity contribution in [2.75, 3.05) is 7.05 Å². The van der Waals surface area contributed by atoms with E-state index in [-0.39, 0.29) is 0 Å². The Hall–Kier alpha value is -1.11. The molecule has 0 saturated heterocycles. The van der Waals surface area contributed by atoms with Crippen LogP contribution in [0.2, 0.25) is 0 Å². The Morgan fingerprint density at radius 3 is 2.29 bits per heavy atom. The Kier molecular flexibility index (Phi) is 4.06. The van der Waals surface area contributed by atoms with Crippen LogP contribution in [0.25, 0.3) is 0 Å². The number of nitrogens with two attached hydrogens (primary N) is 1. The number of carboxylic acid groups (broad SMARTS) is 1. The molecule has 1 unspecified atom stereocenters. The van der Waals surface area contributed by atoms with Crippen molar-refractivity contribution in [3.05, 3.63) is 0 Å². The molecule has 5 N–H and O–H groups in total. The number of nitrogens with zero attached hydrogens (tertiary/aromatic N) is 2. The van der Waals surface area contributed by atoms with Gasteiger partial charge in [-0.3, -0.25) is 0 Å². The average molecular weight is 225 g/mol. The van der Waals surface area contributed by atoms with Crippen LogP contribution in [0.3, 0.4) is 0 Å². The highest BCUT2D eigenvalue weighted by molar-refractivity contribution is 7.50. The van der Waals surface area contributed by atoms with Crippen LogP contribution >= 0.6 is 7.75 Å². The number of carbonyl (C=O) groups is 1. The third kappa shape index (κ3) is 4.22. The SMILES string of the molecule is CC(C(=O)O)N(C)/C(N)=N/P(=O)(O)O. The summed E-state index contributed by atoms with van der Waals surface area (Å²) in [5.41, 5.74) is 5.16. The highest BCUT2D eigenvalue weighted by Gasteiger charge is 2.21. The molecule has 0 aliphatic rings. The van der Waals surface area contributed by atoms with E-state index in [1.165, 1.54) is 14.0 Å². The molecule has 82 valence electrons. The average Bonchev–Trinajstić information content (AvgIpc) is 1.98. The standard InChI is InChI=1S/C5H12N3O5P/c1-3(4(9)10)8(2)5(6)7-14(11,12)13/h3H,1-2H3,(H,9,10)(H4,6,7,11,12,13). The number of rotatable bonds is 3. The van der Waals surface area contributed by atoms with E-state index in [0.29, 0.717) is 0 Å². The summed E-state index contributed by atoms with van der Waals surface area (Å²) in [5.74, 6) is -1.69. The van der Waals surface area contributed by atoms with Crippen LogP contribution in [0.4, 0.5) is 0 Å². The van der Waals surface area contributed by atoms with Gasteiger partial charge in [-0.05, 0) is 6.92 Å². The summed E-state index contributed by atoms with van der Waals surface area (Å²) < 4.78 is 13.2. The smallest absolute Gasteiger partial charge is 0.451 e. The predicted octanol–water partition coefficient (Wildman–Crippen LogP) is -1.20. The molecule has 0 aromatic carbocycles. The lowest BCUT2D eigenvalue weighted by atomic mass is 10.3. The molecule has 1 atom stereocenters. The van der Waals surface area contributed by atoms with Gasteiger partial charge in [-0.25, -0.2) is 9.36 Å². The van der Waals surface area contributed by atoms with E-state index in [1.807, 2.05) is 0 Å². The number of guanidine groups is 1. The normalized spacial score (nSPS) is 15.0. The summed E-state index contributed by atoms with van der Waals surface area (Å²) in [7, 11) is -3.35. The zero-order valence-electron chi connectivity index (χ0n) is 7.65. The van der Waals surface area contributed by atoms with Crippen LogP contribution in [0.1, 0.15) is 6.92 Å². The molecule has 0 amide bonds. The van der Waals surface area contributed by atoms with Crippen LogP contribution in [-0.2, 0) is 9.36 Å². The molecule has 8 nitrogen and oxygen atoms in total. The van der Waals surface area contributed by atoms with Gasteiger partial charge >= 0.3 is 13.7 Å². The minimum atomic E-state index is -4.62. The summed E-state index contributed by atoms with van der Waals surface area (Å²) in [5, 5.41) is 8.55. The minimum Gasteiger partial charge on any atom is -0.480 e. The Morgan fingerprint density at radius 1 is 1.57 bits per heavy atom. The maximum absolute atomic E-state index is 10.5. The van der Waals surface area contributed by atoms with E-state index in [0.717, 1.165) is 4.90 Å². The molecule has 0 fully saturated rings. The second-order valence-corrected chi connectivity index (χ2v) is 3.82. The number of hydrogen-bond donors (Lipinski definition) is 4. The molecular weight excluding hydrogens is 213 g/mol. The molecule has 9 heteroatoms. The van der Waals surface area contributed by atoms with Gasteiger partial charge in [-0.15, -0.1) is 4.76 Å². The lowest BCUT2D eigenvalue weighted by Gasteiger charge is -2.21. The highest BCUT2D eigenvalue weighted by Crippen LogP contribution is 2.36. The Labute approximate surface area is 80.3 Å². The van der Waals surface area contributed by atoms with Crippen molar-refractivity contribution in [1.29, 1.82) is 0 Å². The van der Waals surface area contributed by atoms with Crippen molar-refractivity contribution in [3.8, 4) is 0 Å². The first kappa shape index (κ1) is 12.9. The predicted molar refractivity (Wildman–Crippen MR) is 48.5 cm³/mol. The topological polar surface area (TPSA) is 136 Å². The molecule has 0 aliphatic heterocycles. The fourth-order valence-electron chi connectivity index (χ4n) is 0.568. The lowest BCUT2D eigenvalue weighted by molar-refractivity contribution is -0.140. The van der Waals surface area contributed by atoms with Gasteiger partial charge < -0.3 is 25.5 Å². The zero-order chi connectivity index (χ0) is 11.5. The number of likely N-dealkylation sites (N-methyl/N-ethyl adjacent to an activating group) is 1. The van der Waals surface area contributed by atoms with Crippen LogP contribution in [0.15, 0.2) is 4.76 Å². The van der Waals surface area contributed by atoms with E-state index >= 15 is 0 Å². The van der Waals surface area contributed by atoms with Gasteiger partial charge in [0.2, 0.25) is 5.96 Å². The molecule has 0 aromatic heterocycles. The minimum absolute atomic E-state index is 0.520.